The molecule has 1 aromatic rings. The van der Waals surface area contributed by atoms with Crippen LogP contribution in [0.15, 0.2) is 29.2 Å². The number of rotatable bonds is 7. The zero-order valence-electron chi connectivity index (χ0n) is 15.8. The zero-order chi connectivity index (χ0) is 19.3. The van der Waals surface area contributed by atoms with Crippen LogP contribution in [0, 0.1) is 0 Å². The van der Waals surface area contributed by atoms with E-state index in [-0.39, 0.29) is 23.0 Å². The molecule has 1 saturated heterocycles. The highest BCUT2D eigenvalue weighted by Gasteiger charge is 2.32. The summed E-state index contributed by atoms with van der Waals surface area (Å²) in [4.78, 5) is 12.4. The van der Waals surface area contributed by atoms with Crippen molar-refractivity contribution in [2.75, 3.05) is 25.0 Å². The molecule has 8 heteroatoms. The number of hydrogen-bond acceptors (Lipinski definition) is 5. The van der Waals surface area contributed by atoms with Gasteiger partial charge in [0, 0.05) is 25.4 Å². The number of ether oxygens (including phenoxy) is 2. The molecule has 26 heavy (non-hydrogen) atoms. The number of carbonyl (C=O) groups is 1. The molecule has 0 saturated carbocycles. The third-order valence-electron chi connectivity index (χ3n) is 4.18. The van der Waals surface area contributed by atoms with Crippen LogP contribution in [0.3, 0.4) is 0 Å². The highest BCUT2D eigenvalue weighted by atomic mass is 32.2. The molecule has 7 nitrogen and oxygen atoms in total. The van der Waals surface area contributed by atoms with Gasteiger partial charge < -0.3 is 14.8 Å². The molecule has 3 unspecified atom stereocenters. The molecule has 2 rings (SSSR count). The summed E-state index contributed by atoms with van der Waals surface area (Å²) in [5.74, 6) is -0.235. The minimum atomic E-state index is -3.59. The highest BCUT2D eigenvalue weighted by molar-refractivity contribution is 7.89. The summed E-state index contributed by atoms with van der Waals surface area (Å²) in [6, 6.07) is 6.21. The Kier molecular flexibility index (Phi) is 7.16. The molecule has 0 spiro atoms. The number of nitrogens with one attached hydrogen (secondary N) is 1. The Balaban J connectivity index is 2.09. The maximum atomic E-state index is 12.8. The van der Waals surface area contributed by atoms with Crippen molar-refractivity contribution in [2.24, 2.45) is 0 Å². The Morgan fingerprint density at radius 3 is 2.31 bits per heavy atom. The number of sulfonamides is 1. The van der Waals surface area contributed by atoms with Crippen molar-refractivity contribution < 1.29 is 22.7 Å². The molecule has 1 aliphatic heterocycles. The first kappa shape index (κ1) is 20.8. The van der Waals surface area contributed by atoms with Crippen molar-refractivity contribution in [3.05, 3.63) is 24.3 Å². The van der Waals surface area contributed by atoms with E-state index in [0.29, 0.717) is 31.8 Å². The Morgan fingerprint density at radius 1 is 1.23 bits per heavy atom. The van der Waals surface area contributed by atoms with E-state index >= 15 is 0 Å². The van der Waals surface area contributed by atoms with Crippen LogP contribution in [0.2, 0.25) is 0 Å². The Labute approximate surface area is 155 Å². The average Bonchev–Trinajstić information content (AvgIpc) is 2.59. The van der Waals surface area contributed by atoms with Crippen molar-refractivity contribution in [3.8, 4) is 0 Å². The van der Waals surface area contributed by atoms with E-state index in [0.717, 1.165) is 0 Å². The van der Waals surface area contributed by atoms with Gasteiger partial charge in [0.1, 0.15) is 6.10 Å². The second kappa shape index (κ2) is 8.94. The summed E-state index contributed by atoms with van der Waals surface area (Å²) >= 11 is 0. The van der Waals surface area contributed by atoms with Crippen molar-refractivity contribution in [3.63, 3.8) is 0 Å². The molecule has 1 aromatic carbocycles. The highest BCUT2D eigenvalue weighted by Crippen LogP contribution is 2.22. The third kappa shape index (κ3) is 5.03. The summed E-state index contributed by atoms with van der Waals surface area (Å²) < 4.78 is 38.0. The van der Waals surface area contributed by atoms with Crippen LogP contribution in [-0.2, 0) is 24.3 Å². The van der Waals surface area contributed by atoms with Gasteiger partial charge in [-0.2, -0.15) is 4.31 Å². The van der Waals surface area contributed by atoms with Gasteiger partial charge in [-0.05, 0) is 51.5 Å². The summed E-state index contributed by atoms with van der Waals surface area (Å²) in [6.07, 6.45) is -0.229. The fourth-order valence-electron chi connectivity index (χ4n) is 2.99. The smallest absolute Gasteiger partial charge is 0.253 e. The van der Waals surface area contributed by atoms with Crippen LogP contribution in [-0.4, -0.2) is 56.6 Å². The van der Waals surface area contributed by atoms with Gasteiger partial charge in [0.05, 0.1) is 17.1 Å². The van der Waals surface area contributed by atoms with Crippen LogP contribution >= 0.6 is 0 Å². The van der Waals surface area contributed by atoms with E-state index in [1.54, 1.807) is 12.1 Å². The molecule has 3 atom stereocenters. The summed E-state index contributed by atoms with van der Waals surface area (Å²) in [7, 11) is -3.59. The lowest BCUT2D eigenvalue weighted by Crippen LogP contribution is -2.48. The van der Waals surface area contributed by atoms with E-state index in [9.17, 15) is 13.2 Å². The van der Waals surface area contributed by atoms with E-state index in [2.05, 4.69) is 5.32 Å². The average molecular weight is 384 g/mol. The molecular weight excluding hydrogens is 356 g/mol. The van der Waals surface area contributed by atoms with E-state index < -0.39 is 16.1 Å². The summed E-state index contributed by atoms with van der Waals surface area (Å²) in [6.45, 7) is 8.55. The SMILES string of the molecule is CCOC(CC)C(=O)Nc1ccc(S(=O)(=O)N2CC(C)OC(C)C2)cc1. The normalized spacial score (nSPS) is 22.8. The molecular formula is C18H28N2O5S. The molecule has 0 bridgehead atoms. The van der Waals surface area contributed by atoms with Crippen molar-refractivity contribution in [2.45, 2.75) is 57.3 Å². The van der Waals surface area contributed by atoms with Crippen LogP contribution in [0.5, 0.6) is 0 Å². The number of hydrogen-bond donors (Lipinski definition) is 1. The molecule has 1 N–H and O–H groups in total. The molecule has 1 heterocycles. The molecule has 146 valence electrons. The maximum Gasteiger partial charge on any atom is 0.253 e. The molecule has 1 amide bonds. The van der Waals surface area contributed by atoms with Gasteiger partial charge >= 0.3 is 0 Å². The molecule has 0 aliphatic carbocycles. The number of morpholine rings is 1. The largest absolute Gasteiger partial charge is 0.373 e. The Morgan fingerprint density at radius 2 is 1.81 bits per heavy atom. The number of carbonyl (C=O) groups excluding carboxylic acids is 1. The Hall–Kier alpha value is -1.48. The van der Waals surface area contributed by atoms with Crippen LogP contribution in [0.4, 0.5) is 5.69 Å². The first-order valence-corrected chi connectivity index (χ1v) is 10.4. The fourth-order valence-corrected chi connectivity index (χ4v) is 4.58. The first-order chi connectivity index (χ1) is 12.3. The molecule has 0 radical (unpaired) electrons. The van der Waals surface area contributed by atoms with Gasteiger partial charge in [-0.15, -0.1) is 0 Å². The van der Waals surface area contributed by atoms with Gasteiger partial charge in [0.25, 0.3) is 5.91 Å². The van der Waals surface area contributed by atoms with Crippen molar-refractivity contribution >= 4 is 21.6 Å². The van der Waals surface area contributed by atoms with Crippen molar-refractivity contribution in [1.82, 2.24) is 4.31 Å². The minimum Gasteiger partial charge on any atom is -0.373 e. The standard InChI is InChI=1S/C18H28N2O5S/c1-5-17(24-6-2)18(21)19-15-7-9-16(10-8-15)26(22,23)20-11-13(3)25-14(4)12-20/h7-10,13-14,17H,5-6,11-12H2,1-4H3,(H,19,21). The van der Waals surface area contributed by atoms with E-state index in [1.807, 2.05) is 27.7 Å². The summed E-state index contributed by atoms with van der Waals surface area (Å²) in [5, 5.41) is 2.76. The van der Waals surface area contributed by atoms with Crippen LogP contribution < -0.4 is 5.32 Å². The number of nitrogens with zero attached hydrogens (tertiary/aromatic N) is 1. The van der Waals surface area contributed by atoms with E-state index in [4.69, 9.17) is 9.47 Å². The van der Waals surface area contributed by atoms with Crippen LogP contribution in [0.25, 0.3) is 0 Å². The van der Waals surface area contributed by atoms with E-state index in [1.165, 1.54) is 16.4 Å². The topological polar surface area (TPSA) is 84.9 Å². The van der Waals surface area contributed by atoms with Crippen molar-refractivity contribution in [1.29, 1.82) is 0 Å². The first-order valence-electron chi connectivity index (χ1n) is 8.96. The minimum absolute atomic E-state index is 0.142. The maximum absolute atomic E-state index is 12.8. The van der Waals surface area contributed by atoms with Crippen LogP contribution in [0.1, 0.15) is 34.1 Å². The second-order valence-corrected chi connectivity index (χ2v) is 8.38. The number of anilines is 1. The molecule has 1 fully saturated rings. The Bertz CT molecular complexity index is 695. The number of amides is 1. The lowest BCUT2D eigenvalue weighted by Gasteiger charge is -2.34. The lowest BCUT2D eigenvalue weighted by molar-refractivity contribution is -0.127. The van der Waals surface area contributed by atoms with Gasteiger partial charge in [0.2, 0.25) is 10.0 Å². The van der Waals surface area contributed by atoms with Gasteiger partial charge in [-0.25, -0.2) is 8.42 Å². The summed E-state index contributed by atoms with van der Waals surface area (Å²) in [5.41, 5.74) is 0.538. The monoisotopic (exact) mass is 384 g/mol. The molecule has 1 aliphatic rings. The molecule has 0 aromatic heterocycles. The number of benzene rings is 1. The lowest BCUT2D eigenvalue weighted by atomic mass is 10.2. The van der Waals surface area contributed by atoms with Gasteiger partial charge in [-0.3, -0.25) is 4.79 Å². The van der Waals surface area contributed by atoms with Gasteiger partial charge in [-0.1, -0.05) is 6.92 Å². The van der Waals surface area contributed by atoms with Gasteiger partial charge in [0.15, 0.2) is 0 Å². The quantitative estimate of drug-likeness (QED) is 0.779. The fraction of sp³-hybridized carbons (Fsp3) is 0.611. The predicted octanol–water partition coefficient (Wildman–Crippen LogP) is 2.24. The second-order valence-electron chi connectivity index (χ2n) is 6.45. The predicted molar refractivity (Wildman–Crippen MR) is 99.5 cm³/mol. The third-order valence-corrected chi connectivity index (χ3v) is 6.02. The zero-order valence-corrected chi connectivity index (χ0v) is 16.6.